The Kier molecular flexibility index (Phi) is 8.52. The second-order valence-electron chi connectivity index (χ2n) is 9.33. The first-order valence-electron chi connectivity index (χ1n) is 12.6. The topological polar surface area (TPSA) is 0 Å². The zero-order valence-electron chi connectivity index (χ0n) is 20.6. The van der Waals surface area contributed by atoms with Crippen LogP contribution >= 0.6 is 0 Å². The quantitative estimate of drug-likeness (QED) is 0.214. The fraction of sp³-hybridized carbons (Fsp3) is 0.235. The summed E-state index contributed by atoms with van der Waals surface area (Å²) in [5.74, 6) is 0.528. The Morgan fingerprint density at radius 1 is 0.559 bits per heavy atom. The molecule has 0 bridgehead atoms. The molecule has 4 rings (SSSR count). The van der Waals surface area contributed by atoms with Crippen LogP contribution in [0.4, 0.5) is 0 Å². The molecule has 0 fully saturated rings. The van der Waals surface area contributed by atoms with Gasteiger partial charge < -0.3 is 0 Å². The lowest BCUT2D eigenvalue weighted by Gasteiger charge is -2.12. The number of allylic oxidation sites excluding steroid dienone is 2. The summed E-state index contributed by atoms with van der Waals surface area (Å²) in [6, 6.07) is 38.1. The third-order valence-electron chi connectivity index (χ3n) is 6.71. The van der Waals surface area contributed by atoms with Crippen molar-refractivity contribution in [3.8, 4) is 11.1 Å². The van der Waals surface area contributed by atoms with Gasteiger partial charge in [-0.2, -0.15) is 0 Å². The van der Waals surface area contributed by atoms with E-state index in [1.54, 1.807) is 0 Å². The van der Waals surface area contributed by atoms with Crippen LogP contribution in [0, 0.1) is 0 Å². The second-order valence-corrected chi connectivity index (χ2v) is 9.33. The number of benzene rings is 4. The molecule has 172 valence electrons. The van der Waals surface area contributed by atoms with Crippen LogP contribution in [0.1, 0.15) is 54.0 Å². The SMILES string of the molecule is C/C=C/CCc1ccc(CCc2ccc(-c3ccc(CC(C)c4ccccc4)cc3)cc2)cc1. The molecular formula is C34H36. The van der Waals surface area contributed by atoms with Crippen molar-refractivity contribution < 1.29 is 0 Å². The molecule has 4 aromatic carbocycles. The Morgan fingerprint density at radius 3 is 1.56 bits per heavy atom. The number of hydrogen-bond acceptors (Lipinski definition) is 0. The average molecular weight is 445 g/mol. The molecule has 4 aromatic rings. The van der Waals surface area contributed by atoms with Crippen LogP contribution in [-0.4, -0.2) is 0 Å². The first kappa shape index (κ1) is 23.8. The van der Waals surface area contributed by atoms with Crippen molar-refractivity contribution in [1.29, 1.82) is 0 Å². The molecule has 1 unspecified atom stereocenters. The largest absolute Gasteiger partial charge is 0.0917 e. The molecule has 0 aliphatic carbocycles. The van der Waals surface area contributed by atoms with E-state index in [0.29, 0.717) is 5.92 Å². The fourth-order valence-corrected chi connectivity index (χ4v) is 4.53. The molecule has 0 heterocycles. The third kappa shape index (κ3) is 6.81. The molecule has 0 heteroatoms. The molecule has 0 saturated carbocycles. The molecule has 0 nitrogen and oxygen atoms in total. The molecule has 0 aliphatic heterocycles. The van der Waals surface area contributed by atoms with E-state index in [0.717, 1.165) is 32.1 Å². The van der Waals surface area contributed by atoms with E-state index in [4.69, 9.17) is 0 Å². The summed E-state index contributed by atoms with van der Waals surface area (Å²) in [5, 5.41) is 0. The lowest BCUT2D eigenvalue weighted by atomic mass is 9.92. The predicted molar refractivity (Wildman–Crippen MR) is 147 cm³/mol. The Hall–Kier alpha value is -3.38. The van der Waals surface area contributed by atoms with Gasteiger partial charge in [-0.15, -0.1) is 0 Å². The van der Waals surface area contributed by atoms with Crippen molar-refractivity contribution in [1.82, 2.24) is 0 Å². The van der Waals surface area contributed by atoms with Gasteiger partial charge in [0.15, 0.2) is 0 Å². The van der Waals surface area contributed by atoms with E-state index in [9.17, 15) is 0 Å². The zero-order chi connectivity index (χ0) is 23.6. The van der Waals surface area contributed by atoms with Gasteiger partial charge in [-0.3, -0.25) is 0 Å². The van der Waals surface area contributed by atoms with Gasteiger partial charge in [0.1, 0.15) is 0 Å². The summed E-state index contributed by atoms with van der Waals surface area (Å²) in [6.45, 7) is 4.39. The maximum absolute atomic E-state index is 2.31. The number of aryl methyl sites for hydroxylation is 3. The van der Waals surface area contributed by atoms with E-state index in [2.05, 4.69) is 129 Å². The highest BCUT2D eigenvalue weighted by molar-refractivity contribution is 5.64. The molecule has 0 spiro atoms. The molecule has 0 saturated heterocycles. The van der Waals surface area contributed by atoms with Gasteiger partial charge in [0, 0.05) is 0 Å². The van der Waals surface area contributed by atoms with Crippen molar-refractivity contribution in [3.05, 3.63) is 143 Å². The zero-order valence-corrected chi connectivity index (χ0v) is 20.6. The van der Waals surface area contributed by atoms with Crippen LogP contribution in [-0.2, 0) is 25.7 Å². The molecule has 1 atom stereocenters. The highest BCUT2D eigenvalue weighted by Gasteiger charge is 2.07. The lowest BCUT2D eigenvalue weighted by molar-refractivity contribution is 0.759. The highest BCUT2D eigenvalue weighted by Crippen LogP contribution is 2.24. The van der Waals surface area contributed by atoms with Crippen LogP contribution < -0.4 is 0 Å². The van der Waals surface area contributed by atoms with E-state index in [1.165, 1.54) is 38.9 Å². The molecular weight excluding hydrogens is 408 g/mol. The van der Waals surface area contributed by atoms with Crippen molar-refractivity contribution in [3.63, 3.8) is 0 Å². The van der Waals surface area contributed by atoms with Gasteiger partial charge in [-0.05, 0) is 83.9 Å². The Balaban J connectivity index is 1.30. The van der Waals surface area contributed by atoms with Crippen LogP contribution in [0.5, 0.6) is 0 Å². The molecule has 34 heavy (non-hydrogen) atoms. The fourth-order valence-electron chi connectivity index (χ4n) is 4.53. The summed E-state index contributed by atoms with van der Waals surface area (Å²) >= 11 is 0. The monoisotopic (exact) mass is 444 g/mol. The van der Waals surface area contributed by atoms with Crippen LogP contribution in [0.3, 0.4) is 0 Å². The normalized spacial score (nSPS) is 12.2. The molecule has 0 amide bonds. The van der Waals surface area contributed by atoms with Crippen LogP contribution in [0.2, 0.25) is 0 Å². The molecule has 0 N–H and O–H groups in total. The summed E-state index contributed by atoms with van der Waals surface area (Å²) < 4.78 is 0. The van der Waals surface area contributed by atoms with Gasteiger partial charge in [0.2, 0.25) is 0 Å². The Labute approximate surface area is 206 Å². The summed E-state index contributed by atoms with van der Waals surface area (Å²) in [7, 11) is 0. The minimum absolute atomic E-state index is 0.528. The Morgan fingerprint density at radius 2 is 1.03 bits per heavy atom. The first-order chi connectivity index (χ1) is 16.7. The van der Waals surface area contributed by atoms with Crippen molar-refractivity contribution in [2.24, 2.45) is 0 Å². The van der Waals surface area contributed by atoms with Crippen molar-refractivity contribution in [2.45, 2.75) is 51.9 Å². The standard InChI is InChI=1S/C34H36/c1-3-4-6-9-28-12-14-29(15-13-28)16-17-30-18-22-33(23-19-30)34-24-20-31(21-25-34)26-27(2)32-10-7-5-8-11-32/h3-5,7-8,10-15,18-25,27H,6,9,16-17,26H2,1-2H3/b4-3+. The van der Waals surface area contributed by atoms with Gasteiger partial charge in [0.05, 0.1) is 0 Å². The van der Waals surface area contributed by atoms with Crippen LogP contribution in [0.15, 0.2) is 115 Å². The van der Waals surface area contributed by atoms with E-state index >= 15 is 0 Å². The average Bonchev–Trinajstić information content (AvgIpc) is 2.90. The highest BCUT2D eigenvalue weighted by atomic mass is 14.1. The maximum atomic E-state index is 2.31. The number of rotatable bonds is 10. The van der Waals surface area contributed by atoms with Gasteiger partial charge in [0.25, 0.3) is 0 Å². The third-order valence-corrected chi connectivity index (χ3v) is 6.71. The molecule has 0 radical (unpaired) electrons. The number of hydrogen-bond donors (Lipinski definition) is 0. The van der Waals surface area contributed by atoms with Gasteiger partial charge in [-0.1, -0.05) is 122 Å². The van der Waals surface area contributed by atoms with E-state index < -0.39 is 0 Å². The molecule has 0 aromatic heterocycles. The van der Waals surface area contributed by atoms with E-state index in [-0.39, 0.29) is 0 Å². The maximum Gasteiger partial charge on any atom is -0.0150 e. The Bertz CT molecular complexity index is 1150. The van der Waals surface area contributed by atoms with Gasteiger partial charge >= 0.3 is 0 Å². The van der Waals surface area contributed by atoms with Crippen LogP contribution in [0.25, 0.3) is 11.1 Å². The summed E-state index contributed by atoms with van der Waals surface area (Å²) in [6.07, 6.45) is 9.84. The summed E-state index contributed by atoms with van der Waals surface area (Å²) in [4.78, 5) is 0. The van der Waals surface area contributed by atoms with E-state index in [1.807, 2.05) is 0 Å². The lowest BCUT2D eigenvalue weighted by Crippen LogP contribution is -1.98. The van der Waals surface area contributed by atoms with Crippen molar-refractivity contribution >= 4 is 0 Å². The molecule has 0 aliphatic rings. The first-order valence-corrected chi connectivity index (χ1v) is 12.6. The smallest absolute Gasteiger partial charge is 0.0150 e. The van der Waals surface area contributed by atoms with Gasteiger partial charge in [-0.25, -0.2) is 0 Å². The predicted octanol–water partition coefficient (Wildman–Crippen LogP) is 8.99. The summed E-state index contributed by atoms with van der Waals surface area (Å²) in [5.41, 5.74) is 9.61. The minimum atomic E-state index is 0.528. The van der Waals surface area contributed by atoms with Crippen molar-refractivity contribution in [2.75, 3.05) is 0 Å². The minimum Gasteiger partial charge on any atom is -0.0917 e. The second kappa shape index (κ2) is 12.2.